The lowest BCUT2D eigenvalue weighted by Gasteiger charge is -2.03. The summed E-state index contributed by atoms with van der Waals surface area (Å²) >= 11 is 2.57. The van der Waals surface area contributed by atoms with Crippen molar-refractivity contribution in [1.82, 2.24) is 0 Å². The summed E-state index contributed by atoms with van der Waals surface area (Å²) in [5.41, 5.74) is 6.24. The Kier molecular flexibility index (Phi) is 3.88. The van der Waals surface area contributed by atoms with Gasteiger partial charge in [-0.1, -0.05) is 0 Å². The largest absolute Gasteiger partial charge is 0.477 e. The summed E-state index contributed by atoms with van der Waals surface area (Å²) in [5, 5.41) is 10.7. The van der Waals surface area contributed by atoms with E-state index in [4.69, 9.17) is 10.8 Å². The molecule has 0 spiro atoms. The van der Waals surface area contributed by atoms with Crippen LogP contribution in [0.15, 0.2) is 34.5 Å². The Labute approximate surface area is 111 Å². The molecule has 0 radical (unpaired) electrons. The number of benzene rings is 1. The first-order valence-electron chi connectivity index (χ1n) is 5.05. The Hall–Kier alpha value is -1.53. The highest BCUT2D eigenvalue weighted by Gasteiger charge is 2.11. The molecule has 94 valence electrons. The fraction of sp³-hybridized carbons (Fsp3) is 0.0833. The predicted molar refractivity (Wildman–Crippen MR) is 71.7 cm³/mol. The van der Waals surface area contributed by atoms with E-state index in [1.165, 1.54) is 35.2 Å². The van der Waals surface area contributed by atoms with Gasteiger partial charge in [0, 0.05) is 10.6 Å². The van der Waals surface area contributed by atoms with Crippen molar-refractivity contribution in [2.45, 2.75) is 10.6 Å². The smallest absolute Gasteiger partial charge is 0.346 e. The van der Waals surface area contributed by atoms with Crippen LogP contribution in [-0.4, -0.2) is 11.1 Å². The van der Waals surface area contributed by atoms with Crippen molar-refractivity contribution in [2.75, 3.05) is 5.73 Å². The summed E-state index contributed by atoms with van der Waals surface area (Å²) in [6.07, 6.45) is 0. The Morgan fingerprint density at radius 3 is 2.89 bits per heavy atom. The Morgan fingerprint density at radius 1 is 1.44 bits per heavy atom. The molecule has 0 saturated carbocycles. The molecule has 0 amide bonds. The van der Waals surface area contributed by atoms with Gasteiger partial charge in [-0.3, -0.25) is 0 Å². The highest BCUT2D eigenvalue weighted by Crippen LogP contribution is 2.28. The number of thiophene rings is 1. The average Bonchev–Trinajstić information content (AvgIpc) is 2.79. The SMILES string of the molecule is Nc1ccc(SCc2ccsc2C(=O)O)cc1F. The van der Waals surface area contributed by atoms with Crippen molar-refractivity contribution in [3.63, 3.8) is 0 Å². The van der Waals surface area contributed by atoms with Gasteiger partial charge in [-0.25, -0.2) is 9.18 Å². The van der Waals surface area contributed by atoms with E-state index in [9.17, 15) is 9.18 Å². The molecule has 0 bridgehead atoms. The molecule has 6 heteroatoms. The number of rotatable bonds is 4. The second-order valence-corrected chi connectivity index (χ2v) is 5.52. The summed E-state index contributed by atoms with van der Waals surface area (Å²) in [4.78, 5) is 12.0. The van der Waals surface area contributed by atoms with Crippen LogP contribution in [0.5, 0.6) is 0 Å². The van der Waals surface area contributed by atoms with Crippen LogP contribution in [0.2, 0.25) is 0 Å². The molecule has 0 atom stereocenters. The molecule has 0 saturated heterocycles. The van der Waals surface area contributed by atoms with E-state index < -0.39 is 11.8 Å². The monoisotopic (exact) mass is 283 g/mol. The van der Waals surface area contributed by atoms with Crippen LogP contribution in [0.25, 0.3) is 0 Å². The third kappa shape index (κ3) is 2.83. The molecule has 1 heterocycles. The summed E-state index contributed by atoms with van der Waals surface area (Å²) in [5.74, 6) is -0.887. The molecule has 1 aromatic carbocycles. The third-order valence-corrected chi connectivity index (χ3v) is 4.29. The van der Waals surface area contributed by atoms with Crippen LogP contribution in [0.3, 0.4) is 0 Å². The molecular formula is C12H10FNO2S2. The fourth-order valence-electron chi connectivity index (χ4n) is 1.40. The molecule has 18 heavy (non-hydrogen) atoms. The van der Waals surface area contributed by atoms with Crippen molar-refractivity contribution < 1.29 is 14.3 Å². The van der Waals surface area contributed by atoms with Gasteiger partial charge in [-0.15, -0.1) is 23.1 Å². The van der Waals surface area contributed by atoms with Crippen LogP contribution >= 0.6 is 23.1 Å². The Balaban J connectivity index is 2.09. The van der Waals surface area contributed by atoms with Gasteiger partial charge in [0.15, 0.2) is 0 Å². The van der Waals surface area contributed by atoms with Gasteiger partial charge in [-0.2, -0.15) is 0 Å². The highest BCUT2D eigenvalue weighted by atomic mass is 32.2. The van der Waals surface area contributed by atoms with Crippen LogP contribution in [-0.2, 0) is 5.75 Å². The van der Waals surface area contributed by atoms with Crippen molar-refractivity contribution in [2.24, 2.45) is 0 Å². The van der Waals surface area contributed by atoms with Gasteiger partial charge in [-0.05, 0) is 35.2 Å². The first kappa shape index (κ1) is 12.9. The Bertz CT molecular complexity index is 583. The molecule has 0 aliphatic rings. The number of carboxylic acid groups (broad SMARTS) is 1. The lowest BCUT2D eigenvalue weighted by molar-refractivity contribution is 0.0701. The molecule has 3 N–H and O–H groups in total. The first-order chi connectivity index (χ1) is 8.58. The number of halogens is 1. The molecule has 0 aliphatic carbocycles. The number of aromatic carboxylic acids is 1. The van der Waals surface area contributed by atoms with Crippen LogP contribution in [0.1, 0.15) is 15.2 Å². The Morgan fingerprint density at radius 2 is 2.22 bits per heavy atom. The van der Waals surface area contributed by atoms with E-state index in [1.54, 1.807) is 17.5 Å². The van der Waals surface area contributed by atoms with Crippen molar-refractivity contribution in [3.05, 3.63) is 45.9 Å². The summed E-state index contributed by atoms with van der Waals surface area (Å²) < 4.78 is 13.2. The number of carbonyl (C=O) groups is 1. The lowest BCUT2D eigenvalue weighted by Crippen LogP contribution is -1.96. The minimum Gasteiger partial charge on any atom is -0.477 e. The van der Waals surface area contributed by atoms with Crippen LogP contribution in [0.4, 0.5) is 10.1 Å². The minimum absolute atomic E-state index is 0.112. The van der Waals surface area contributed by atoms with Gasteiger partial charge in [0.05, 0.1) is 5.69 Å². The molecule has 0 unspecified atom stereocenters. The third-order valence-electron chi connectivity index (χ3n) is 2.31. The van der Waals surface area contributed by atoms with Crippen molar-refractivity contribution >= 4 is 34.8 Å². The molecule has 3 nitrogen and oxygen atoms in total. The van der Waals surface area contributed by atoms with Gasteiger partial charge in [0.1, 0.15) is 10.7 Å². The van der Waals surface area contributed by atoms with E-state index in [2.05, 4.69) is 0 Å². The maximum Gasteiger partial charge on any atom is 0.346 e. The molecule has 0 aliphatic heterocycles. The molecule has 2 rings (SSSR count). The number of nitrogens with two attached hydrogens (primary N) is 1. The predicted octanol–water partition coefficient (Wildman–Crippen LogP) is 3.46. The topological polar surface area (TPSA) is 63.3 Å². The van der Waals surface area contributed by atoms with E-state index in [-0.39, 0.29) is 5.69 Å². The van der Waals surface area contributed by atoms with E-state index in [1.807, 2.05) is 0 Å². The summed E-state index contributed by atoms with van der Waals surface area (Å²) in [6.45, 7) is 0. The number of hydrogen-bond donors (Lipinski definition) is 2. The van der Waals surface area contributed by atoms with Crippen molar-refractivity contribution in [3.8, 4) is 0 Å². The second kappa shape index (κ2) is 5.41. The van der Waals surface area contributed by atoms with E-state index in [0.717, 1.165) is 10.5 Å². The minimum atomic E-state index is -0.927. The molecular weight excluding hydrogens is 273 g/mol. The summed E-state index contributed by atoms with van der Waals surface area (Å²) in [7, 11) is 0. The van der Waals surface area contributed by atoms with Gasteiger partial charge < -0.3 is 10.8 Å². The molecule has 0 fully saturated rings. The number of hydrogen-bond acceptors (Lipinski definition) is 4. The molecule has 2 aromatic rings. The maximum atomic E-state index is 13.2. The normalized spacial score (nSPS) is 10.5. The number of anilines is 1. The van der Waals surface area contributed by atoms with E-state index >= 15 is 0 Å². The second-order valence-electron chi connectivity index (χ2n) is 3.55. The lowest BCUT2D eigenvalue weighted by atomic mass is 10.3. The van der Waals surface area contributed by atoms with Gasteiger partial charge >= 0.3 is 5.97 Å². The van der Waals surface area contributed by atoms with Gasteiger partial charge in [0.2, 0.25) is 0 Å². The van der Waals surface area contributed by atoms with Crippen LogP contribution < -0.4 is 5.73 Å². The fourth-order valence-corrected chi connectivity index (χ4v) is 3.16. The van der Waals surface area contributed by atoms with Crippen molar-refractivity contribution in [1.29, 1.82) is 0 Å². The van der Waals surface area contributed by atoms with Crippen LogP contribution in [0, 0.1) is 5.82 Å². The standard InChI is InChI=1S/C12H10FNO2S2/c13-9-5-8(1-2-10(9)14)18-6-7-3-4-17-11(7)12(15)16/h1-5H,6,14H2,(H,15,16). The molecule has 1 aromatic heterocycles. The number of carboxylic acids is 1. The highest BCUT2D eigenvalue weighted by molar-refractivity contribution is 7.98. The maximum absolute atomic E-state index is 13.2. The quantitative estimate of drug-likeness (QED) is 0.666. The zero-order valence-corrected chi connectivity index (χ0v) is 10.9. The number of nitrogen functional groups attached to an aromatic ring is 1. The van der Waals surface area contributed by atoms with Gasteiger partial charge in [0.25, 0.3) is 0 Å². The number of thioether (sulfide) groups is 1. The average molecular weight is 283 g/mol. The zero-order valence-electron chi connectivity index (χ0n) is 9.22. The summed E-state index contributed by atoms with van der Waals surface area (Å²) in [6, 6.07) is 6.35. The first-order valence-corrected chi connectivity index (χ1v) is 6.92. The van der Waals surface area contributed by atoms with E-state index in [0.29, 0.717) is 10.6 Å². The zero-order chi connectivity index (χ0) is 13.1.